The molecule has 0 amide bonds. The van der Waals surface area contributed by atoms with Gasteiger partial charge in [-0.2, -0.15) is 0 Å². The molecular weight excluding hydrogens is 783 g/mol. The molecule has 10 aromatic carbocycles. The van der Waals surface area contributed by atoms with Crippen molar-refractivity contribution in [3.05, 3.63) is 258 Å². The molecule has 1 atom stereocenters. The molecule has 0 bridgehead atoms. The van der Waals surface area contributed by atoms with Crippen molar-refractivity contribution in [2.45, 2.75) is 37.5 Å². The van der Waals surface area contributed by atoms with Crippen LogP contribution in [0.5, 0.6) is 0 Å². The molecule has 0 saturated carbocycles. The number of hydrogen-bond acceptors (Lipinski definition) is 1. The Morgan fingerprint density at radius 1 is 0.354 bits per heavy atom. The van der Waals surface area contributed by atoms with Gasteiger partial charge in [0, 0.05) is 27.9 Å². The molecule has 0 saturated heterocycles. The first-order chi connectivity index (χ1) is 32.0. The van der Waals surface area contributed by atoms with Crippen LogP contribution in [0, 0.1) is 0 Å². The molecule has 0 radical (unpaired) electrons. The second kappa shape index (κ2) is 14.4. The van der Waals surface area contributed by atoms with Gasteiger partial charge in [0.2, 0.25) is 0 Å². The van der Waals surface area contributed by atoms with Crippen molar-refractivity contribution in [1.82, 2.24) is 0 Å². The average Bonchev–Trinajstić information content (AvgIpc) is 3.97. The van der Waals surface area contributed by atoms with Crippen molar-refractivity contribution >= 4 is 27.8 Å². The van der Waals surface area contributed by atoms with Gasteiger partial charge in [0.05, 0.1) is 0 Å². The molecule has 65 heavy (non-hydrogen) atoms. The van der Waals surface area contributed by atoms with Crippen LogP contribution in [0.15, 0.2) is 224 Å². The van der Waals surface area contributed by atoms with Crippen molar-refractivity contribution in [3.63, 3.8) is 0 Å². The van der Waals surface area contributed by atoms with Gasteiger partial charge >= 0.3 is 0 Å². The number of benzene rings is 10. The summed E-state index contributed by atoms with van der Waals surface area (Å²) in [5.74, 6) is 0. The summed E-state index contributed by atoms with van der Waals surface area (Å²) in [5.41, 5.74) is 24.5. The van der Waals surface area contributed by atoms with Gasteiger partial charge in [-0.15, -0.1) is 0 Å². The smallest absolute Gasteiger partial charge is 0.0470 e. The normalized spacial score (nSPS) is 15.9. The molecule has 308 valence electrons. The zero-order chi connectivity index (χ0) is 43.3. The number of hydrogen-bond donors (Lipinski definition) is 0. The fourth-order valence-electron chi connectivity index (χ4n) is 12.2. The summed E-state index contributed by atoms with van der Waals surface area (Å²) in [7, 11) is 0. The van der Waals surface area contributed by atoms with E-state index in [1.807, 2.05) is 0 Å². The summed E-state index contributed by atoms with van der Waals surface area (Å²) in [4.78, 5) is 2.48. The van der Waals surface area contributed by atoms with Crippen LogP contribution in [-0.4, -0.2) is 0 Å². The number of anilines is 3. The van der Waals surface area contributed by atoms with Gasteiger partial charge in [0.15, 0.2) is 0 Å². The first-order valence-electron chi connectivity index (χ1n) is 23.1. The second-order valence-electron chi connectivity index (χ2n) is 18.7. The quantitative estimate of drug-likeness (QED) is 0.161. The molecule has 0 heterocycles. The first-order valence-corrected chi connectivity index (χ1v) is 23.1. The van der Waals surface area contributed by atoms with Crippen molar-refractivity contribution < 1.29 is 0 Å². The lowest BCUT2D eigenvalue weighted by Gasteiger charge is -2.31. The third kappa shape index (κ3) is 5.58. The summed E-state index contributed by atoms with van der Waals surface area (Å²) in [6, 6.07) is 84.1. The predicted molar refractivity (Wildman–Crippen MR) is 273 cm³/mol. The molecule has 1 unspecified atom stereocenters. The molecular formula is C64H47N. The molecule has 1 heteroatoms. The summed E-state index contributed by atoms with van der Waals surface area (Å²) in [6.07, 6.45) is 2.14. The van der Waals surface area contributed by atoms with E-state index >= 15 is 0 Å². The largest absolute Gasteiger partial charge is 0.310 e. The Balaban J connectivity index is 0.970. The van der Waals surface area contributed by atoms with Crippen molar-refractivity contribution in [2.24, 2.45) is 0 Å². The zero-order valence-electron chi connectivity index (χ0n) is 36.7. The van der Waals surface area contributed by atoms with Crippen LogP contribution >= 0.6 is 0 Å². The third-order valence-electron chi connectivity index (χ3n) is 15.1. The standard InChI is InChI=1S/C64H47N/c1-63(2)59-30-11-8-25-54(59)57-28-15-27-56(62(57)63)52-23-7-6-22-50(52)43-32-34-46(35-33-43)65(47-20-13-19-45(40-47)51-26-14-18-42-16-3-5-21-49(42)51)48-36-37-55-53-24-9-12-31-60(53)64(61(55)41-48)39-38-44-17-4-10-29-58(44)64/h3-37,40-41H,38-39H2,1-2H3. The lowest BCUT2D eigenvalue weighted by molar-refractivity contribution is 0.626. The van der Waals surface area contributed by atoms with E-state index in [-0.39, 0.29) is 10.8 Å². The molecule has 10 aromatic rings. The molecule has 0 fully saturated rings. The first kappa shape index (κ1) is 37.8. The van der Waals surface area contributed by atoms with E-state index < -0.39 is 0 Å². The Bertz CT molecular complexity index is 3530. The topological polar surface area (TPSA) is 3.24 Å². The van der Waals surface area contributed by atoms with Gasteiger partial charge in [0.25, 0.3) is 0 Å². The summed E-state index contributed by atoms with van der Waals surface area (Å²) in [5, 5.41) is 2.51. The highest BCUT2D eigenvalue weighted by Gasteiger charge is 2.48. The maximum absolute atomic E-state index is 2.51. The van der Waals surface area contributed by atoms with Crippen LogP contribution in [0.25, 0.3) is 66.4 Å². The minimum absolute atomic E-state index is 0.114. The highest BCUT2D eigenvalue weighted by Crippen LogP contribution is 2.59. The third-order valence-corrected chi connectivity index (χ3v) is 15.1. The molecule has 0 aliphatic heterocycles. The maximum Gasteiger partial charge on any atom is 0.0470 e. The molecule has 13 rings (SSSR count). The maximum atomic E-state index is 2.51. The van der Waals surface area contributed by atoms with Crippen molar-refractivity contribution in [3.8, 4) is 55.6 Å². The average molecular weight is 830 g/mol. The van der Waals surface area contributed by atoms with Crippen LogP contribution in [0.4, 0.5) is 17.1 Å². The fourth-order valence-corrected chi connectivity index (χ4v) is 12.2. The highest BCUT2D eigenvalue weighted by molar-refractivity contribution is 5.98. The predicted octanol–water partition coefficient (Wildman–Crippen LogP) is 16.9. The summed E-state index contributed by atoms with van der Waals surface area (Å²) >= 11 is 0. The molecule has 0 N–H and O–H groups in total. The minimum atomic E-state index is -0.184. The van der Waals surface area contributed by atoms with E-state index in [2.05, 4.69) is 243 Å². The van der Waals surface area contributed by atoms with Gasteiger partial charge in [-0.05, 0) is 149 Å². The van der Waals surface area contributed by atoms with Crippen LogP contribution in [0.1, 0.15) is 53.6 Å². The van der Waals surface area contributed by atoms with Crippen LogP contribution in [0.2, 0.25) is 0 Å². The Morgan fingerprint density at radius 3 is 1.74 bits per heavy atom. The molecule has 1 nitrogen and oxygen atoms in total. The number of rotatable bonds is 6. The number of aryl methyl sites for hydroxylation is 1. The molecule has 1 spiro atoms. The Morgan fingerprint density at radius 2 is 0.908 bits per heavy atom. The SMILES string of the molecule is CC1(C)c2ccccc2-c2cccc(-c3ccccc3-c3ccc(N(c4cccc(-c5cccc6ccccc56)c4)c4ccc5c(c4)C4(CCc6ccccc64)c4ccccc4-5)cc3)c21. The zero-order valence-corrected chi connectivity index (χ0v) is 36.7. The lowest BCUT2D eigenvalue weighted by Crippen LogP contribution is -2.24. The van der Waals surface area contributed by atoms with E-state index in [4.69, 9.17) is 0 Å². The molecule has 3 aliphatic rings. The number of fused-ring (bicyclic) bond motifs is 11. The summed E-state index contributed by atoms with van der Waals surface area (Å²) < 4.78 is 0. The minimum Gasteiger partial charge on any atom is -0.310 e. The van der Waals surface area contributed by atoms with Crippen LogP contribution < -0.4 is 4.90 Å². The fraction of sp³-hybridized carbons (Fsp3) is 0.0938. The van der Waals surface area contributed by atoms with Crippen LogP contribution in [-0.2, 0) is 17.3 Å². The van der Waals surface area contributed by atoms with Crippen molar-refractivity contribution in [1.29, 1.82) is 0 Å². The Hall–Kier alpha value is -7.74. The van der Waals surface area contributed by atoms with Gasteiger partial charge in [-0.25, -0.2) is 0 Å². The van der Waals surface area contributed by atoms with Gasteiger partial charge in [-0.1, -0.05) is 202 Å². The van der Waals surface area contributed by atoms with Crippen molar-refractivity contribution in [2.75, 3.05) is 4.90 Å². The van der Waals surface area contributed by atoms with Crippen LogP contribution in [0.3, 0.4) is 0 Å². The van der Waals surface area contributed by atoms with Gasteiger partial charge in [-0.3, -0.25) is 0 Å². The van der Waals surface area contributed by atoms with E-state index in [0.717, 1.165) is 29.9 Å². The van der Waals surface area contributed by atoms with E-state index in [1.54, 1.807) is 0 Å². The molecule has 0 aromatic heterocycles. The van der Waals surface area contributed by atoms with Gasteiger partial charge < -0.3 is 4.90 Å². The summed E-state index contributed by atoms with van der Waals surface area (Å²) in [6.45, 7) is 4.76. The Kier molecular flexibility index (Phi) is 8.37. The molecule has 3 aliphatic carbocycles. The van der Waals surface area contributed by atoms with E-state index in [9.17, 15) is 0 Å². The van der Waals surface area contributed by atoms with E-state index in [0.29, 0.717) is 0 Å². The Labute approximate surface area is 382 Å². The second-order valence-corrected chi connectivity index (χ2v) is 18.7. The van der Waals surface area contributed by atoms with E-state index in [1.165, 1.54) is 99.8 Å². The van der Waals surface area contributed by atoms with Gasteiger partial charge in [0.1, 0.15) is 0 Å². The lowest BCUT2D eigenvalue weighted by atomic mass is 9.73. The highest BCUT2D eigenvalue weighted by atomic mass is 15.1. The monoisotopic (exact) mass is 829 g/mol. The number of nitrogens with zero attached hydrogens (tertiary/aromatic N) is 1.